The molecule has 0 aliphatic carbocycles. The summed E-state index contributed by atoms with van der Waals surface area (Å²) in [5.41, 5.74) is 1.71. The molecule has 0 fully saturated rings. The van der Waals surface area contributed by atoms with Gasteiger partial charge < -0.3 is 24.5 Å². The molecule has 0 unspecified atom stereocenters. The Labute approximate surface area is 168 Å². The number of rotatable bonds is 8. The van der Waals surface area contributed by atoms with E-state index in [9.17, 15) is 9.59 Å². The van der Waals surface area contributed by atoms with Gasteiger partial charge in [-0.1, -0.05) is 12.1 Å². The number of benzene rings is 2. The van der Waals surface area contributed by atoms with Crippen LogP contribution in [0.4, 0.5) is 0 Å². The molecule has 0 radical (unpaired) electrons. The van der Waals surface area contributed by atoms with E-state index in [4.69, 9.17) is 14.2 Å². The second kappa shape index (κ2) is 9.14. The van der Waals surface area contributed by atoms with E-state index < -0.39 is 0 Å². The second-order valence-electron chi connectivity index (χ2n) is 6.45. The van der Waals surface area contributed by atoms with Gasteiger partial charge in [0.15, 0.2) is 11.5 Å². The first kappa shape index (κ1) is 20.3. The van der Waals surface area contributed by atoms with E-state index in [1.807, 2.05) is 31.2 Å². The third-order valence-corrected chi connectivity index (χ3v) is 4.50. The third-order valence-electron chi connectivity index (χ3n) is 4.50. The number of carbonyl (C=O) groups is 1. The van der Waals surface area contributed by atoms with E-state index >= 15 is 0 Å². The van der Waals surface area contributed by atoms with Gasteiger partial charge >= 0.3 is 0 Å². The van der Waals surface area contributed by atoms with Crippen LogP contribution in [0.2, 0.25) is 0 Å². The molecule has 1 aromatic heterocycles. The first-order valence-electron chi connectivity index (χ1n) is 9.30. The first-order chi connectivity index (χ1) is 14.0. The molecule has 0 aliphatic rings. The van der Waals surface area contributed by atoms with Crippen LogP contribution in [0.15, 0.2) is 47.3 Å². The number of fused-ring (bicyclic) bond motifs is 1. The topological polar surface area (TPSA) is 89.7 Å². The number of aromatic amines is 1. The fourth-order valence-electron chi connectivity index (χ4n) is 3.02. The minimum atomic E-state index is -0.258. The maximum absolute atomic E-state index is 12.4. The minimum absolute atomic E-state index is 0.134. The summed E-state index contributed by atoms with van der Waals surface area (Å²) < 4.78 is 16.0. The summed E-state index contributed by atoms with van der Waals surface area (Å²) in [4.78, 5) is 27.4. The Morgan fingerprint density at radius 3 is 2.38 bits per heavy atom. The highest BCUT2D eigenvalue weighted by atomic mass is 16.5. The molecule has 152 valence electrons. The molecular weight excluding hydrogens is 372 g/mol. The van der Waals surface area contributed by atoms with Gasteiger partial charge in [-0.05, 0) is 36.8 Å². The average Bonchev–Trinajstić information content (AvgIpc) is 2.73. The number of pyridine rings is 1. The third kappa shape index (κ3) is 4.87. The van der Waals surface area contributed by atoms with E-state index in [0.29, 0.717) is 29.2 Å². The molecule has 0 atom stereocenters. The van der Waals surface area contributed by atoms with Crippen LogP contribution in [-0.4, -0.2) is 31.7 Å². The number of ether oxygens (including phenoxy) is 3. The van der Waals surface area contributed by atoms with Crippen LogP contribution in [0, 0.1) is 0 Å². The Balaban J connectivity index is 1.70. The van der Waals surface area contributed by atoms with Crippen molar-refractivity contribution in [2.75, 3.05) is 20.8 Å². The average molecular weight is 396 g/mol. The fourth-order valence-corrected chi connectivity index (χ4v) is 3.02. The Hall–Kier alpha value is -3.48. The fraction of sp³-hybridized carbons (Fsp3) is 0.273. The standard InChI is InChI=1S/C22H24N2O5/c1-4-29-17-7-5-14(6-8-17)9-21(25)23-13-16-10-15-11-19(27-2)20(28-3)12-18(15)24-22(16)26/h5-8,10-12H,4,9,13H2,1-3H3,(H,23,25)(H,24,26). The van der Waals surface area contributed by atoms with Gasteiger partial charge in [0.25, 0.3) is 5.56 Å². The zero-order chi connectivity index (χ0) is 20.8. The molecule has 29 heavy (non-hydrogen) atoms. The van der Waals surface area contributed by atoms with Crippen LogP contribution >= 0.6 is 0 Å². The van der Waals surface area contributed by atoms with E-state index in [1.165, 1.54) is 7.11 Å². The van der Waals surface area contributed by atoms with Gasteiger partial charge in [0.1, 0.15) is 5.75 Å². The highest BCUT2D eigenvalue weighted by Gasteiger charge is 2.10. The zero-order valence-electron chi connectivity index (χ0n) is 16.7. The van der Waals surface area contributed by atoms with Crippen molar-refractivity contribution < 1.29 is 19.0 Å². The number of aromatic nitrogens is 1. The van der Waals surface area contributed by atoms with Crippen molar-refractivity contribution >= 4 is 16.8 Å². The van der Waals surface area contributed by atoms with Crippen LogP contribution < -0.4 is 25.1 Å². The normalized spacial score (nSPS) is 10.6. The summed E-state index contributed by atoms with van der Waals surface area (Å²) in [6, 6.07) is 12.6. The maximum atomic E-state index is 12.4. The number of hydrogen-bond donors (Lipinski definition) is 2. The largest absolute Gasteiger partial charge is 0.494 e. The second-order valence-corrected chi connectivity index (χ2v) is 6.45. The quantitative estimate of drug-likeness (QED) is 0.611. The van der Waals surface area contributed by atoms with Crippen molar-refractivity contribution in [1.29, 1.82) is 0 Å². The molecular formula is C22H24N2O5. The lowest BCUT2D eigenvalue weighted by Gasteiger charge is -2.10. The van der Waals surface area contributed by atoms with Crippen molar-refractivity contribution in [2.45, 2.75) is 19.9 Å². The molecule has 7 nitrogen and oxygen atoms in total. The number of nitrogens with one attached hydrogen (secondary N) is 2. The van der Waals surface area contributed by atoms with Crippen molar-refractivity contribution in [3.05, 3.63) is 63.9 Å². The molecule has 0 saturated carbocycles. The van der Waals surface area contributed by atoms with Gasteiger partial charge in [-0.25, -0.2) is 0 Å². The lowest BCUT2D eigenvalue weighted by Crippen LogP contribution is -2.28. The number of amides is 1. The molecule has 3 rings (SSSR count). The number of carbonyl (C=O) groups excluding carboxylic acids is 1. The van der Waals surface area contributed by atoms with E-state index in [0.717, 1.165) is 16.7 Å². The molecule has 3 aromatic rings. The highest BCUT2D eigenvalue weighted by molar-refractivity contribution is 5.83. The summed E-state index contributed by atoms with van der Waals surface area (Å²) in [5.74, 6) is 1.71. The van der Waals surface area contributed by atoms with Crippen molar-refractivity contribution in [3.63, 3.8) is 0 Å². The summed E-state index contributed by atoms with van der Waals surface area (Å²) in [5, 5.41) is 3.59. The van der Waals surface area contributed by atoms with Crippen LogP contribution in [-0.2, 0) is 17.8 Å². The van der Waals surface area contributed by atoms with Gasteiger partial charge in [-0.3, -0.25) is 9.59 Å². The first-order valence-corrected chi connectivity index (χ1v) is 9.30. The molecule has 1 amide bonds. The summed E-state index contributed by atoms with van der Waals surface area (Å²) in [6.45, 7) is 2.65. The lowest BCUT2D eigenvalue weighted by atomic mass is 10.1. The zero-order valence-corrected chi connectivity index (χ0v) is 16.7. The van der Waals surface area contributed by atoms with Crippen LogP contribution in [0.25, 0.3) is 10.9 Å². The van der Waals surface area contributed by atoms with Gasteiger partial charge in [-0.2, -0.15) is 0 Å². The molecule has 2 aromatic carbocycles. The minimum Gasteiger partial charge on any atom is -0.494 e. The number of H-pyrrole nitrogens is 1. The van der Waals surface area contributed by atoms with Gasteiger partial charge in [-0.15, -0.1) is 0 Å². The van der Waals surface area contributed by atoms with Crippen molar-refractivity contribution in [2.24, 2.45) is 0 Å². The highest BCUT2D eigenvalue weighted by Crippen LogP contribution is 2.31. The van der Waals surface area contributed by atoms with Crippen LogP contribution in [0.3, 0.4) is 0 Å². The maximum Gasteiger partial charge on any atom is 0.253 e. The summed E-state index contributed by atoms with van der Waals surface area (Å²) >= 11 is 0. The van der Waals surface area contributed by atoms with E-state index in [-0.39, 0.29) is 24.4 Å². The Kier molecular flexibility index (Phi) is 6.39. The molecule has 7 heteroatoms. The van der Waals surface area contributed by atoms with Gasteiger partial charge in [0, 0.05) is 23.6 Å². The smallest absolute Gasteiger partial charge is 0.253 e. The monoisotopic (exact) mass is 396 g/mol. The Morgan fingerprint density at radius 1 is 1.03 bits per heavy atom. The SMILES string of the molecule is CCOc1ccc(CC(=O)NCc2cc3cc(OC)c(OC)cc3[nH]c2=O)cc1. The van der Waals surface area contributed by atoms with E-state index in [2.05, 4.69) is 10.3 Å². The van der Waals surface area contributed by atoms with Crippen LogP contribution in [0.1, 0.15) is 18.1 Å². The lowest BCUT2D eigenvalue weighted by molar-refractivity contribution is -0.120. The Bertz CT molecular complexity index is 1060. The van der Waals surface area contributed by atoms with Crippen molar-refractivity contribution in [1.82, 2.24) is 10.3 Å². The van der Waals surface area contributed by atoms with E-state index in [1.54, 1.807) is 25.3 Å². The summed E-state index contributed by atoms with van der Waals surface area (Å²) in [6.07, 6.45) is 0.225. The molecule has 0 saturated heterocycles. The number of hydrogen-bond acceptors (Lipinski definition) is 5. The molecule has 0 bridgehead atoms. The van der Waals surface area contributed by atoms with Crippen LogP contribution in [0.5, 0.6) is 17.2 Å². The summed E-state index contributed by atoms with van der Waals surface area (Å²) in [7, 11) is 3.09. The predicted molar refractivity (Wildman–Crippen MR) is 111 cm³/mol. The van der Waals surface area contributed by atoms with Crippen molar-refractivity contribution in [3.8, 4) is 17.2 Å². The molecule has 0 aliphatic heterocycles. The Morgan fingerprint density at radius 2 is 1.72 bits per heavy atom. The number of methoxy groups -OCH3 is 2. The molecule has 2 N–H and O–H groups in total. The molecule has 1 heterocycles. The predicted octanol–water partition coefficient (Wildman–Crippen LogP) is 2.80. The molecule has 0 spiro atoms. The van der Waals surface area contributed by atoms with Gasteiger partial charge in [0.05, 0.1) is 32.8 Å². The van der Waals surface area contributed by atoms with Gasteiger partial charge in [0.2, 0.25) is 5.91 Å².